The highest BCUT2D eigenvalue weighted by atomic mass is 35.5. The molecule has 2 aromatic rings. The van der Waals surface area contributed by atoms with Crippen molar-refractivity contribution in [1.29, 1.82) is 0 Å². The van der Waals surface area contributed by atoms with Gasteiger partial charge in [0.1, 0.15) is 5.82 Å². The molecule has 0 bridgehead atoms. The molecule has 3 rings (SSSR count). The van der Waals surface area contributed by atoms with Gasteiger partial charge in [-0.25, -0.2) is 4.39 Å². The number of ether oxygens (including phenoxy) is 2. The normalized spacial score (nSPS) is 12.5. The van der Waals surface area contributed by atoms with Crippen molar-refractivity contribution < 1.29 is 18.7 Å². The third-order valence-corrected chi connectivity index (χ3v) is 3.60. The molecule has 0 atom stereocenters. The minimum atomic E-state index is -0.370. The highest BCUT2D eigenvalue weighted by Crippen LogP contribution is 2.37. The number of fused-ring (bicyclic) bond motifs is 1. The first kappa shape index (κ1) is 16.1. The highest BCUT2D eigenvalue weighted by Gasteiger charge is 2.16. The van der Waals surface area contributed by atoms with E-state index in [1.165, 1.54) is 43.7 Å². The minimum absolute atomic E-state index is 0.353. The minimum Gasteiger partial charge on any atom is -0.493 e. The molecular weight excluding hydrogens is 333 g/mol. The summed E-state index contributed by atoms with van der Waals surface area (Å²) in [6.45, 7) is 0. The maximum atomic E-state index is 12.9. The Morgan fingerprint density at radius 2 is 2.00 bits per heavy atom. The fourth-order valence-electron chi connectivity index (χ4n) is 2.24. The molecule has 1 N–H and O–H groups in total. The summed E-state index contributed by atoms with van der Waals surface area (Å²) in [5.41, 5.74) is 1.47. The first-order valence-corrected chi connectivity index (χ1v) is 7.44. The van der Waals surface area contributed by atoms with Gasteiger partial charge in [0.2, 0.25) is 0 Å². The summed E-state index contributed by atoms with van der Waals surface area (Å²) in [6, 6.07) is 8.83. The molecule has 0 saturated carbocycles. The van der Waals surface area contributed by atoms with Gasteiger partial charge in [-0.15, -0.1) is 0 Å². The third-order valence-electron chi connectivity index (χ3n) is 3.38. The average molecular weight is 346 g/mol. The Balaban J connectivity index is 1.91. The molecule has 0 unspecified atom stereocenters. The van der Waals surface area contributed by atoms with E-state index in [2.05, 4.69) is 5.32 Å². The smallest absolute Gasteiger partial charge is 0.255 e. The second kappa shape index (κ2) is 6.76. The van der Waals surface area contributed by atoms with Crippen molar-refractivity contribution in [3.63, 3.8) is 0 Å². The summed E-state index contributed by atoms with van der Waals surface area (Å²) in [5, 5.41) is 3.16. The Kier molecular flexibility index (Phi) is 4.53. The first-order valence-electron chi connectivity index (χ1n) is 7.06. The predicted octanol–water partition coefficient (Wildman–Crippen LogP) is 4.42. The number of carbonyl (C=O) groups is 1. The molecule has 2 aromatic carbocycles. The van der Waals surface area contributed by atoms with Gasteiger partial charge in [-0.3, -0.25) is 4.79 Å². The molecule has 0 fully saturated rings. The number of methoxy groups -OCH3 is 1. The number of benzene rings is 2. The van der Waals surface area contributed by atoms with Crippen LogP contribution in [0, 0.1) is 5.82 Å². The second-order valence-corrected chi connectivity index (χ2v) is 5.44. The van der Waals surface area contributed by atoms with Crippen LogP contribution in [0.15, 0.2) is 54.3 Å². The zero-order valence-electron chi connectivity index (χ0n) is 12.7. The van der Waals surface area contributed by atoms with Gasteiger partial charge in [0.05, 0.1) is 13.4 Å². The van der Waals surface area contributed by atoms with Crippen molar-refractivity contribution in [3.8, 4) is 11.5 Å². The molecule has 1 aliphatic heterocycles. The van der Waals surface area contributed by atoms with Gasteiger partial charge >= 0.3 is 0 Å². The van der Waals surface area contributed by atoms with E-state index in [0.29, 0.717) is 33.3 Å². The molecular formula is C18H13ClFNO3. The molecule has 1 heterocycles. The van der Waals surface area contributed by atoms with Crippen LogP contribution in [0.2, 0.25) is 5.02 Å². The standard InChI is InChI=1S/C18H13ClFNO3/c1-23-16-10-13(19)9-12-8-11(6-7-24-17(12)16)18(22)21-15-4-2-14(20)3-5-15/h2-10H,1H3,(H,21,22). The summed E-state index contributed by atoms with van der Waals surface area (Å²) in [6.07, 6.45) is 4.58. The SMILES string of the molecule is COc1cc(Cl)cc2c1OC=CC(C(=O)Nc1ccc(F)cc1)=C2. The maximum absolute atomic E-state index is 12.9. The summed E-state index contributed by atoms with van der Waals surface area (Å²) in [4.78, 5) is 12.4. The largest absolute Gasteiger partial charge is 0.493 e. The van der Waals surface area contributed by atoms with Crippen molar-refractivity contribution in [3.05, 3.63) is 70.7 Å². The van der Waals surface area contributed by atoms with Gasteiger partial charge in [0.15, 0.2) is 11.5 Å². The van der Waals surface area contributed by atoms with Gasteiger partial charge in [-0.1, -0.05) is 11.6 Å². The van der Waals surface area contributed by atoms with E-state index in [1.807, 2.05) is 0 Å². The van der Waals surface area contributed by atoms with Crippen LogP contribution in [0.5, 0.6) is 11.5 Å². The van der Waals surface area contributed by atoms with Crippen molar-refractivity contribution in [2.75, 3.05) is 12.4 Å². The summed E-state index contributed by atoms with van der Waals surface area (Å²) in [7, 11) is 1.51. The Hall–Kier alpha value is -2.79. The zero-order chi connectivity index (χ0) is 17.1. The van der Waals surface area contributed by atoms with E-state index in [9.17, 15) is 9.18 Å². The topological polar surface area (TPSA) is 47.6 Å². The van der Waals surface area contributed by atoms with Crippen molar-refractivity contribution in [2.24, 2.45) is 0 Å². The lowest BCUT2D eigenvalue weighted by molar-refractivity contribution is -0.112. The molecule has 4 nitrogen and oxygen atoms in total. The first-order chi connectivity index (χ1) is 11.6. The Labute approximate surface area is 143 Å². The summed E-state index contributed by atoms with van der Waals surface area (Å²) < 4.78 is 23.7. The third kappa shape index (κ3) is 3.41. The number of rotatable bonds is 3. The van der Waals surface area contributed by atoms with Gasteiger partial charge < -0.3 is 14.8 Å². The second-order valence-electron chi connectivity index (χ2n) is 5.01. The van der Waals surface area contributed by atoms with Crippen molar-refractivity contribution >= 4 is 29.3 Å². The van der Waals surface area contributed by atoms with Crippen molar-refractivity contribution in [2.45, 2.75) is 0 Å². The number of hydrogen-bond donors (Lipinski definition) is 1. The van der Waals surface area contributed by atoms with Gasteiger partial charge in [-0.05, 0) is 42.5 Å². The number of amides is 1. The zero-order valence-corrected chi connectivity index (χ0v) is 13.4. The lowest BCUT2D eigenvalue weighted by Gasteiger charge is -2.10. The summed E-state index contributed by atoms with van der Waals surface area (Å²) in [5.74, 6) is 0.222. The number of anilines is 1. The van der Waals surface area contributed by atoms with Crippen LogP contribution in [-0.2, 0) is 4.79 Å². The van der Waals surface area contributed by atoms with E-state index in [-0.39, 0.29) is 11.7 Å². The lowest BCUT2D eigenvalue weighted by Crippen LogP contribution is -2.13. The van der Waals surface area contributed by atoms with Crippen LogP contribution in [0.4, 0.5) is 10.1 Å². The molecule has 0 aromatic heterocycles. The van der Waals surface area contributed by atoms with Crippen LogP contribution >= 0.6 is 11.6 Å². The fraction of sp³-hybridized carbons (Fsp3) is 0.0556. The summed E-state index contributed by atoms with van der Waals surface area (Å²) >= 11 is 6.06. The van der Waals surface area contributed by atoms with Crippen LogP contribution in [0.3, 0.4) is 0 Å². The molecule has 0 aliphatic carbocycles. The van der Waals surface area contributed by atoms with E-state index in [4.69, 9.17) is 21.1 Å². The molecule has 6 heteroatoms. The van der Waals surface area contributed by atoms with Crippen molar-refractivity contribution in [1.82, 2.24) is 0 Å². The van der Waals surface area contributed by atoms with Gasteiger partial charge in [0, 0.05) is 27.9 Å². The molecule has 1 amide bonds. The van der Waals surface area contributed by atoms with Crippen LogP contribution in [0.1, 0.15) is 5.56 Å². The van der Waals surface area contributed by atoms with Gasteiger partial charge in [0.25, 0.3) is 5.91 Å². The van der Waals surface area contributed by atoms with E-state index in [0.717, 1.165) is 0 Å². The average Bonchev–Trinajstić information content (AvgIpc) is 2.78. The van der Waals surface area contributed by atoms with E-state index >= 15 is 0 Å². The van der Waals surface area contributed by atoms with Crippen LogP contribution in [0.25, 0.3) is 6.08 Å². The Morgan fingerprint density at radius 1 is 1.25 bits per heavy atom. The molecule has 122 valence electrons. The molecule has 0 saturated heterocycles. The number of carbonyl (C=O) groups excluding carboxylic acids is 1. The predicted molar refractivity (Wildman–Crippen MR) is 90.8 cm³/mol. The lowest BCUT2D eigenvalue weighted by atomic mass is 10.1. The highest BCUT2D eigenvalue weighted by molar-refractivity contribution is 6.31. The van der Waals surface area contributed by atoms with Crippen LogP contribution in [-0.4, -0.2) is 13.0 Å². The maximum Gasteiger partial charge on any atom is 0.255 e. The monoisotopic (exact) mass is 345 g/mol. The molecule has 24 heavy (non-hydrogen) atoms. The number of hydrogen-bond acceptors (Lipinski definition) is 3. The fourth-order valence-corrected chi connectivity index (χ4v) is 2.46. The van der Waals surface area contributed by atoms with Crippen LogP contribution < -0.4 is 14.8 Å². The van der Waals surface area contributed by atoms with E-state index in [1.54, 1.807) is 18.2 Å². The number of nitrogens with one attached hydrogen (secondary N) is 1. The van der Waals surface area contributed by atoms with E-state index < -0.39 is 0 Å². The Morgan fingerprint density at radius 3 is 2.71 bits per heavy atom. The Bertz CT molecular complexity index is 844. The number of halogens is 2. The quantitative estimate of drug-likeness (QED) is 0.896. The van der Waals surface area contributed by atoms with Gasteiger partial charge in [-0.2, -0.15) is 0 Å². The molecule has 0 spiro atoms. The molecule has 0 radical (unpaired) electrons. The molecule has 1 aliphatic rings.